The highest BCUT2D eigenvalue weighted by atomic mass is 32.2. The zero-order valence-electron chi connectivity index (χ0n) is 15.7. The van der Waals surface area contributed by atoms with Crippen LogP contribution in [0, 0.1) is 0 Å². The first kappa shape index (κ1) is 17.6. The first-order valence-corrected chi connectivity index (χ1v) is 10.0. The molecule has 3 nitrogen and oxygen atoms in total. The SMILES string of the molecule is C=C1C(C)=CC(c2cc(NSC)cc3cc(-c4ccccc4)oc23)=CN1C. The van der Waals surface area contributed by atoms with Crippen LogP contribution in [0.15, 0.2) is 83.1 Å². The Morgan fingerprint density at radius 1 is 1.11 bits per heavy atom. The van der Waals surface area contributed by atoms with Gasteiger partial charge >= 0.3 is 0 Å². The average Bonchev–Trinajstić information content (AvgIpc) is 3.10. The van der Waals surface area contributed by atoms with Gasteiger partial charge in [0.25, 0.3) is 0 Å². The van der Waals surface area contributed by atoms with Crippen LogP contribution in [-0.2, 0) is 0 Å². The predicted molar refractivity (Wildman–Crippen MR) is 117 cm³/mol. The van der Waals surface area contributed by atoms with Crippen molar-refractivity contribution in [2.75, 3.05) is 18.0 Å². The largest absolute Gasteiger partial charge is 0.455 e. The summed E-state index contributed by atoms with van der Waals surface area (Å²) in [6.07, 6.45) is 6.30. The van der Waals surface area contributed by atoms with Gasteiger partial charge in [0.2, 0.25) is 0 Å². The molecule has 2 aromatic carbocycles. The molecule has 1 N–H and O–H groups in total. The molecule has 0 bridgehead atoms. The number of benzene rings is 2. The molecule has 0 amide bonds. The van der Waals surface area contributed by atoms with Crippen molar-refractivity contribution in [2.45, 2.75) is 6.92 Å². The second kappa shape index (κ2) is 7.05. The summed E-state index contributed by atoms with van der Waals surface area (Å²) in [7, 11) is 2.03. The molecular formula is C23H22N2OS. The first-order chi connectivity index (χ1) is 13.1. The molecule has 0 aliphatic carbocycles. The molecule has 0 atom stereocenters. The highest BCUT2D eigenvalue weighted by Crippen LogP contribution is 2.38. The second-order valence-corrected chi connectivity index (χ2v) is 7.31. The lowest BCUT2D eigenvalue weighted by atomic mass is 9.98. The zero-order chi connectivity index (χ0) is 19.0. The number of furan rings is 1. The maximum Gasteiger partial charge on any atom is 0.142 e. The number of likely N-dealkylation sites (N-methyl/N-ethyl adjacent to an activating group) is 1. The summed E-state index contributed by atoms with van der Waals surface area (Å²) in [5.41, 5.74) is 7.39. The fourth-order valence-corrected chi connectivity index (χ4v) is 3.71. The summed E-state index contributed by atoms with van der Waals surface area (Å²) in [4.78, 5) is 2.06. The number of hydrogen-bond donors (Lipinski definition) is 1. The van der Waals surface area contributed by atoms with Crippen LogP contribution in [0.2, 0.25) is 0 Å². The monoisotopic (exact) mass is 374 g/mol. The molecule has 3 aromatic rings. The topological polar surface area (TPSA) is 28.4 Å². The summed E-state index contributed by atoms with van der Waals surface area (Å²) in [6.45, 7) is 6.22. The maximum absolute atomic E-state index is 6.32. The minimum absolute atomic E-state index is 0.878. The molecule has 136 valence electrons. The third-order valence-electron chi connectivity index (χ3n) is 4.79. The number of rotatable bonds is 4. The van der Waals surface area contributed by atoms with Gasteiger partial charge in [-0.1, -0.05) is 48.9 Å². The fraction of sp³-hybridized carbons (Fsp3) is 0.130. The zero-order valence-corrected chi connectivity index (χ0v) is 16.6. The Kier molecular flexibility index (Phi) is 4.58. The van der Waals surface area contributed by atoms with Gasteiger partial charge in [0.05, 0.1) is 0 Å². The first-order valence-electron chi connectivity index (χ1n) is 8.81. The Morgan fingerprint density at radius 2 is 1.89 bits per heavy atom. The van der Waals surface area contributed by atoms with Crippen LogP contribution in [0.25, 0.3) is 27.9 Å². The van der Waals surface area contributed by atoms with Gasteiger partial charge in [-0.05, 0) is 36.8 Å². The molecule has 1 aliphatic rings. The summed E-state index contributed by atoms with van der Waals surface area (Å²) >= 11 is 1.58. The van der Waals surface area contributed by atoms with Crippen molar-refractivity contribution in [3.05, 3.63) is 84.2 Å². The van der Waals surface area contributed by atoms with E-state index in [0.717, 1.165) is 50.4 Å². The van der Waals surface area contributed by atoms with Crippen molar-refractivity contribution in [3.8, 4) is 11.3 Å². The van der Waals surface area contributed by atoms with Crippen LogP contribution < -0.4 is 4.72 Å². The Hall–Kier alpha value is -2.85. The molecule has 1 aromatic heterocycles. The number of allylic oxidation sites excluding steroid dienone is 3. The van der Waals surface area contributed by atoms with E-state index in [1.165, 1.54) is 0 Å². The van der Waals surface area contributed by atoms with Crippen molar-refractivity contribution in [1.29, 1.82) is 0 Å². The number of nitrogens with one attached hydrogen (secondary N) is 1. The van der Waals surface area contributed by atoms with Crippen LogP contribution in [0.3, 0.4) is 0 Å². The van der Waals surface area contributed by atoms with Crippen molar-refractivity contribution >= 4 is 34.2 Å². The van der Waals surface area contributed by atoms with Crippen LogP contribution in [0.5, 0.6) is 0 Å². The van der Waals surface area contributed by atoms with Gasteiger partial charge in [0, 0.05) is 53.0 Å². The van der Waals surface area contributed by atoms with E-state index in [-0.39, 0.29) is 0 Å². The third-order valence-corrected chi connectivity index (χ3v) is 5.23. The van der Waals surface area contributed by atoms with Crippen LogP contribution >= 0.6 is 11.9 Å². The van der Waals surface area contributed by atoms with Gasteiger partial charge in [0.1, 0.15) is 11.3 Å². The van der Waals surface area contributed by atoms with Gasteiger partial charge in [0.15, 0.2) is 0 Å². The van der Waals surface area contributed by atoms with Crippen molar-refractivity contribution in [2.24, 2.45) is 0 Å². The summed E-state index contributed by atoms with van der Waals surface area (Å²) in [5.74, 6) is 0.878. The molecule has 0 radical (unpaired) electrons. The molecule has 0 fully saturated rings. The molecule has 4 heteroatoms. The Morgan fingerprint density at radius 3 is 2.59 bits per heavy atom. The summed E-state index contributed by atoms with van der Waals surface area (Å²) in [5, 5.41) is 1.09. The number of anilines is 1. The van der Waals surface area contributed by atoms with E-state index in [2.05, 4.69) is 65.7 Å². The van der Waals surface area contributed by atoms with Gasteiger partial charge in [-0.15, -0.1) is 0 Å². The summed E-state index contributed by atoms with van der Waals surface area (Å²) < 4.78 is 9.68. The van der Waals surface area contributed by atoms with E-state index in [1.807, 2.05) is 31.5 Å². The highest BCUT2D eigenvalue weighted by Gasteiger charge is 2.18. The van der Waals surface area contributed by atoms with Crippen molar-refractivity contribution in [1.82, 2.24) is 4.90 Å². The van der Waals surface area contributed by atoms with E-state index >= 15 is 0 Å². The lowest BCUT2D eigenvalue weighted by Gasteiger charge is -2.24. The smallest absolute Gasteiger partial charge is 0.142 e. The number of nitrogens with zero attached hydrogens (tertiary/aromatic N) is 1. The molecule has 4 rings (SSSR count). The average molecular weight is 375 g/mol. The molecule has 2 heterocycles. The van der Waals surface area contributed by atoms with Crippen molar-refractivity contribution < 1.29 is 4.42 Å². The van der Waals surface area contributed by atoms with Crippen molar-refractivity contribution in [3.63, 3.8) is 0 Å². The van der Waals surface area contributed by atoms with Crippen LogP contribution in [0.1, 0.15) is 12.5 Å². The second-order valence-electron chi connectivity index (χ2n) is 6.69. The Balaban J connectivity index is 1.92. The van der Waals surface area contributed by atoms with Gasteiger partial charge in [-0.3, -0.25) is 0 Å². The van der Waals surface area contributed by atoms with E-state index in [1.54, 1.807) is 11.9 Å². The molecule has 0 unspecified atom stereocenters. The minimum Gasteiger partial charge on any atom is -0.455 e. The quantitative estimate of drug-likeness (QED) is 0.525. The molecular weight excluding hydrogens is 352 g/mol. The lowest BCUT2D eigenvalue weighted by Crippen LogP contribution is -2.14. The van der Waals surface area contributed by atoms with E-state index < -0.39 is 0 Å². The van der Waals surface area contributed by atoms with Crippen LogP contribution in [-0.4, -0.2) is 18.2 Å². The third kappa shape index (κ3) is 3.28. The van der Waals surface area contributed by atoms with Gasteiger partial charge < -0.3 is 14.0 Å². The van der Waals surface area contributed by atoms with Gasteiger partial charge in [-0.25, -0.2) is 0 Å². The van der Waals surface area contributed by atoms with Gasteiger partial charge in [-0.2, -0.15) is 0 Å². The molecule has 27 heavy (non-hydrogen) atoms. The van der Waals surface area contributed by atoms with E-state index in [9.17, 15) is 0 Å². The van der Waals surface area contributed by atoms with Crippen LogP contribution in [0.4, 0.5) is 5.69 Å². The number of fused-ring (bicyclic) bond motifs is 1. The summed E-state index contributed by atoms with van der Waals surface area (Å²) in [6, 6.07) is 16.6. The molecule has 0 saturated heterocycles. The Labute approximate surface area is 164 Å². The van der Waals surface area contributed by atoms with E-state index in [0.29, 0.717) is 0 Å². The molecule has 0 spiro atoms. The fourth-order valence-electron chi connectivity index (χ4n) is 3.35. The normalized spacial score (nSPS) is 14.3. The standard InChI is InChI=1S/C23H22N2OS/c1-15-10-19(14-25(3)16(15)2)21-13-20(24-27-4)11-18-12-22(26-23(18)21)17-8-6-5-7-9-17/h5-14,24H,2H2,1,3-4H3. The minimum atomic E-state index is 0.878. The predicted octanol–water partition coefficient (Wildman–Crippen LogP) is 6.54. The van der Waals surface area contributed by atoms with E-state index in [4.69, 9.17) is 4.42 Å². The number of hydrogen-bond acceptors (Lipinski definition) is 4. The molecule has 1 aliphatic heterocycles. The highest BCUT2D eigenvalue weighted by molar-refractivity contribution is 7.99. The Bertz CT molecular complexity index is 1080. The maximum atomic E-state index is 6.32. The molecule has 0 saturated carbocycles. The lowest BCUT2D eigenvalue weighted by molar-refractivity contribution is 0.578.